The third-order valence-corrected chi connectivity index (χ3v) is 10.1. The SMILES string of the molecule is CCC[C@@H](CO[Si](C)(C)C(C)(C)C)[C@H](O)[C@@](C)(Br)C(=O)OCC. The number of hydrogen-bond acceptors (Lipinski definition) is 4. The summed E-state index contributed by atoms with van der Waals surface area (Å²) >= 11 is 3.38. The number of aliphatic hydroxyl groups is 1. The van der Waals surface area contributed by atoms with E-state index in [4.69, 9.17) is 9.16 Å². The second kappa shape index (κ2) is 8.97. The normalized spacial score (nSPS) is 18.2. The highest BCUT2D eigenvalue weighted by molar-refractivity contribution is 9.10. The molecular weight excluding hydrogens is 376 g/mol. The minimum atomic E-state index is -1.89. The van der Waals surface area contributed by atoms with Crippen LogP contribution in [0.15, 0.2) is 0 Å². The lowest BCUT2D eigenvalue weighted by Crippen LogP contribution is -2.49. The number of hydrogen-bond donors (Lipinski definition) is 1. The second-order valence-corrected chi connectivity index (χ2v) is 14.3. The highest BCUT2D eigenvalue weighted by Crippen LogP contribution is 2.38. The molecule has 0 radical (unpaired) electrons. The first-order valence-corrected chi connectivity index (χ1v) is 12.2. The van der Waals surface area contributed by atoms with Gasteiger partial charge in [0.15, 0.2) is 8.32 Å². The third kappa shape index (κ3) is 6.48. The smallest absolute Gasteiger partial charge is 0.325 e. The largest absolute Gasteiger partial charge is 0.465 e. The zero-order valence-corrected chi connectivity index (χ0v) is 18.6. The van der Waals surface area contributed by atoms with Gasteiger partial charge in [-0.1, -0.05) is 50.0 Å². The van der Waals surface area contributed by atoms with Crippen molar-refractivity contribution < 1.29 is 19.1 Å². The average Bonchev–Trinajstić information content (AvgIpc) is 2.41. The average molecular weight is 411 g/mol. The van der Waals surface area contributed by atoms with Crippen LogP contribution in [0.4, 0.5) is 0 Å². The molecule has 0 aliphatic carbocycles. The van der Waals surface area contributed by atoms with Crippen molar-refractivity contribution in [2.24, 2.45) is 5.92 Å². The van der Waals surface area contributed by atoms with Gasteiger partial charge in [0.2, 0.25) is 0 Å². The van der Waals surface area contributed by atoms with Crippen LogP contribution in [0.5, 0.6) is 0 Å². The number of alkyl halides is 1. The van der Waals surface area contributed by atoms with E-state index in [9.17, 15) is 9.90 Å². The minimum absolute atomic E-state index is 0.108. The van der Waals surface area contributed by atoms with Crippen molar-refractivity contribution >= 4 is 30.2 Å². The van der Waals surface area contributed by atoms with E-state index in [1.54, 1.807) is 13.8 Å². The van der Waals surface area contributed by atoms with Gasteiger partial charge in [0.1, 0.15) is 4.32 Å². The zero-order chi connectivity index (χ0) is 18.5. The summed E-state index contributed by atoms with van der Waals surface area (Å²) in [6, 6.07) is 0. The molecule has 1 N–H and O–H groups in total. The maximum absolute atomic E-state index is 12.1. The molecule has 0 aliphatic heterocycles. The predicted molar refractivity (Wildman–Crippen MR) is 102 cm³/mol. The Morgan fingerprint density at radius 1 is 1.22 bits per heavy atom. The number of rotatable bonds is 9. The Balaban J connectivity index is 5.07. The van der Waals surface area contributed by atoms with Gasteiger partial charge in [-0.05, 0) is 38.4 Å². The van der Waals surface area contributed by atoms with E-state index in [0.29, 0.717) is 13.2 Å². The summed E-state index contributed by atoms with van der Waals surface area (Å²) in [5.41, 5.74) is 0. The number of carbonyl (C=O) groups is 1. The van der Waals surface area contributed by atoms with Gasteiger partial charge >= 0.3 is 5.97 Å². The first kappa shape index (κ1) is 23.1. The van der Waals surface area contributed by atoms with E-state index < -0.39 is 24.7 Å². The molecule has 0 aromatic rings. The number of aliphatic hydroxyl groups excluding tert-OH is 1. The summed E-state index contributed by atoms with van der Waals surface area (Å²) in [5, 5.41) is 10.9. The Kier molecular flexibility index (Phi) is 9.01. The van der Waals surface area contributed by atoms with Crippen molar-refractivity contribution in [2.75, 3.05) is 13.2 Å². The Labute approximate surface area is 151 Å². The van der Waals surface area contributed by atoms with E-state index in [2.05, 4.69) is 56.7 Å². The Bertz CT molecular complexity index is 377. The molecule has 0 rings (SSSR count). The van der Waals surface area contributed by atoms with E-state index >= 15 is 0 Å². The monoisotopic (exact) mass is 410 g/mol. The van der Waals surface area contributed by atoms with E-state index in [1.165, 1.54) is 0 Å². The van der Waals surface area contributed by atoms with E-state index in [-0.39, 0.29) is 11.0 Å². The summed E-state index contributed by atoms with van der Waals surface area (Å²) < 4.78 is 10.2. The van der Waals surface area contributed by atoms with Gasteiger partial charge in [-0.15, -0.1) is 0 Å². The van der Waals surface area contributed by atoms with Gasteiger partial charge in [0, 0.05) is 12.5 Å². The molecule has 6 heteroatoms. The molecule has 23 heavy (non-hydrogen) atoms. The fourth-order valence-electron chi connectivity index (χ4n) is 2.07. The van der Waals surface area contributed by atoms with Crippen LogP contribution in [0, 0.1) is 5.92 Å². The van der Waals surface area contributed by atoms with Crippen LogP contribution in [-0.2, 0) is 14.0 Å². The fraction of sp³-hybridized carbons (Fsp3) is 0.941. The Morgan fingerprint density at radius 3 is 2.13 bits per heavy atom. The van der Waals surface area contributed by atoms with Crippen LogP contribution < -0.4 is 0 Å². The Morgan fingerprint density at radius 2 is 1.74 bits per heavy atom. The zero-order valence-electron chi connectivity index (χ0n) is 16.0. The van der Waals surface area contributed by atoms with Gasteiger partial charge in [-0.3, -0.25) is 4.79 Å². The molecule has 138 valence electrons. The molecule has 0 spiro atoms. The molecule has 0 bridgehead atoms. The molecule has 0 amide bonds. The second-order valence-electron chi connectivity index (χ2n) is 7.86. The predicted octanol–water partition coefficient (Wildman–Crippen LogP) is 4.50. The highest BCUT2D eigenvalue weighted by atomic mass is 79.9. The van der Waals surface area contributed by atoms with Gasteiger partial charge in [0.25, 0.3) is 0 Å². The number of halogens is 1. The molecule has 0 aromatic carbocycles. The molecule has 0 fully saturated rings. The molecule has 0 aliphatic rings. The lowest BCUT2D eigenvalue weighted by atomic mass is 9.89. The molecule has 4 nitrogen and oxygen atoms in total. The molecule has 0 heterocycles. The van der Waals surface area contributed by atoms with E-state index in [0.717, 1.165) is 12.8 Å². The number of carbonyl (C=O) groups excluding carboxylic acids is 1. The fourth-order valence-corrected chi connectivity index (χ4v) is 3.62. The lowest BCUT2D eigenvalue weighted by molar-refractivity contribution is -0.149. The molecule has 0 aromatic heterocycles. The standard InChI is InChI=1S/C17H35BrO4Si/c1-9-11-13(12-22-23(7,8)16(3,4)5)14(19)17(6,18)15(20)21-10-2/h13-14,19H,9-12H2,1-8H3/t13-,14-,17+/m0/s1. The van der Waals surface area contributed by atoms with Crippen molar-refractivity contribution in [3.05, 3.63) is 0 Å². The van der Waals surface area contributed by atoms with Crippen LogP contribution in [0.25, 0.3) is 0 Å². The van der Waals surface area contributed by atoms with Crippen LogP contribution in [-0.4, -0.2) is 43.0 Å². The molecular formula is C17H35BrO4Si. The number of ether oxygens (including phenoxy) is 1. The molecule has 0 unspecified atom stereocenters. The first-order chi connectivity index (χ1) is 10.3. The van der Waals surface area contributed by atoms with Gasteiger partial charge in [-0.2, -0.15) is 0 Å². The van der Waals surface area contributed by atoms with Crippen LogP contribution in [0.3, 0.4) is 0 Å². The summed E-state index contributed by atoms with van der Waals surface area (Å²) in [6.07, 6.45) is 0.872. The van der Waals surface area contributed by atoms with Gasteiger partial charge in [0.05, 0.1) is 12.7 Å². The maximum Gasteiger partial charge on any atom is 0.325 e. The Hall–Kier alpha value is 0.0869. The molecule has 3 atom stereocenters. The summed E-state index contributed by atoms with van der Waals surface area (Å²) in [5.74, 6) is -0.538. The summed E-state index contributed by atoms with van der Waals surface area (Å²) in [4.78, 5) is 12.1. The lowest BCUT2D eigenvalue weighted by Gasteiger charge is -2.39. The number of esters is 1. The molecule has 0 saturated heterocycles. The maximum atomic E-state index is 12.1. The van der Waals surface area contributed by atoms with Crippen molar-refractivity contribution in [3.63, 3.8) is 0 Å². The first-order valence-electron chi connectivity index (χ1n) is 8.49. The van der Waals surface area contributed by atoms with E-state index in [1.807, 2.05) is 0 Å². The van der Waals surface area contributed by atoms with Crippen molar-refractivity contribution in [1.82, 2.24) is 0 Å². The highest BCUT2D eigenvalue weighted by Gasteiger charge is 2.45. The van der Waals surface area contributed by atoms with Gasteiger partial charge in [-0.25, -0.2) is 0 Å². The van der Waals surface area contributed by atoms with Crippen LogP contribution in [0.2, 0.25) is 18.1 Å². The van der Waals surface area contributed by atoms with Crippen molar-refractivity contribution in [2.45, 2.75) is 82.9 Å². The van der Waals surface area contributed by atoms with Crippen molar-refractivity contribution in [3.8, 4) is 0 Å². The third-order valence-electron chi connectivity index (χ3n) is 4.80. The summed E-state index contributed by atoms with van der Waals surface area (Å²) in [6.45, 7) is 17.2. The van der Waals surface area contributed by atoms with Crippen molar-refractivity contribution in [1.29, 1.82) is 0 Å². The molecule has 0 saturated carbocycles. The minimum Gasteiger partial charge on any atom is -0.465 e. The quantitative estimate of drug-likeness (QED) is 0.345. The van der Waals surface area contributed by atoms with Crippen LogP contribution in [0.1, 0.15) is 54.4 Å². The van der Waals surface area contributed by atoms with Gasteiger partial charge < -0.3 is 14.3 Å². The van der Waals surface area contributed by atoms with Crippen LogP contribution >= 0.6 is 15.9 Å². The topological polar surface area (TPSA) is 55.8 Å². The summed E-state index contributed by atoms with van der Waals surface area (Å²) in [7, 11) is -1.89.